The second-order valence-electron chi connectivity index (χ2n) is 5.76. The third-order valence-electron chi connectivity index (χ3n) is 4.16. The predicted molar refractivity (Wildman–Crippen MR) is 79.3 cm³/mol. The van der Waals surface area contributed by atoms with E-state index in [1.807, 2.05) is 0 Å². The van der Waals surface area contributed by atoms with E-state index in [1.54, 1.807) is 0 Å². The fourth-order valence-corrected chi connectivity index (χ4v) is 4.23. The van der Waals surface area contributed by atoms with Crippen LogP contribution in [0.1, 0.15) is 48.0 Å². The molecule has 0 aliphatic rings. The molecule has 0 saturated heterocycles. The van der Waals surface area contributed by atoms with Gasteiger partial charge in [0.05, 0.1) is 0 Å². The monoisotopic (exact) mass is 241 g/mol. The standard InChI is InChI=1S/C14H31NSi/c1-8-12(5)14(9-2,13(6,7)16)15(10-3)11-4/h9,12H,2,8,10-11H2,1,3-7,16H3. The fraction of sp³-hybridized carbons (Fsp3) is 0.857. The maximum absolute atomic E-state index is 4.17. The van der Waals surface area contributed by atoms with Crippen molar-refractivity contribution >= 4 is 10.2 Å². The first-order valence-electron chi connectivity index (χ1n) is 6.70. The first-order chi connectivity index (χ1) is 7.31. The molecule has 0 rings (SSSR count). The lowest BCUT2D eigenvalue weighted by Crippen LogP contribution is -2.57. The summed E-state index contributed by atoms with van der Waals surface area (Å²) in [4.78, 5) is 2.60. The van der Waals surface area contributed by atoms with Gasteiger partial charge in [-0.1, -0.05) is 54.0 Å². The van der Waals surface area contributed by atoms with E-state index in [-0.39, 0.29) is 5.54 Å². The minimum absolute atomic E-state index is 0.164. The van der Waals surface area contributed by atoms with Crippen molar-refractivity contribution in [2.45, 2.75) is 58.5 Å². The third kappa shape index (κ3) is 2.59. The molecular weight excluding hydrogens is 210 g/mol. The van der Waals surface area contributed by atoms with Crippen molar-refractivity contribution < 1.29 is 0 Å². The van der Waals surface area contributed by atoms with Gasteiger partial charge in [0.15, 0.2) is 0 Å². The van der Waals surface area contributed by atoms with E-state index < -0.39 is 0 Å². The Morgan fingerprint density at radius 1 is 1.25 bits per heavy atom. The number of nitrogens with zero attached hydrogens (tertiary/aromatic N) is 1. The molecule has 0 N–H and O–H groups in total. The second kappa shape index (κ2) is 6.01. The number of likely N-dealkylation sites (N-methyl/N-ethyl adjacent to an activating group) is 1. The van der Waals surface area contributed by atoms with Gasteiger partial charge in [0.25, 0.3) is 0 Å². The Balaban J connectivity index is 5.53. The van der Waals surface area contributed by atoms with Crippen molar-refractivity contribution in [2.75, 3.05) is 13.1 Å². The maximum atomic E-state index is 4.17. The Labute approximate surface area is 106 Å². The van der Waals surface area contributed by atoms with Crippen molar-refractivity contribution in [2.24, 2.45) is 5.92 Å². The molecule has 0 bridgehead atoms. The molecular formula is C14H31NSi. The van der Waals surface area contributed by atoms with Crippen LogP contribution in [-0.2, 0) is 0 Å². The van der Waals surface area contributed by atoms with E-state index >= 15 is 0 Å². The van der Waals surface area contributed by atoms with Gasteiger partial charge in [-0.3, -0.25) is 4.90 Å². The summed E-state index contributed by atoms with van der Waals surface area (Å²) in [7, 11) is 1.19. The van der Waals surface area contributed by atoms with Crippen LogP contribution in [0, 0.1) is 5.92 Å². The van der Waals surface area contributed by atoms with Crippen LogP contribution in [0.3, 0.4) is 0 Å². The SMILES string of the molecule is C=CC(C(C)CC)(N(CC)CC)C(C)(C)[SiH3]. The van der Waals surface area contributed by atoms with Crippen molar-refractivity contribution in [1.82, 2.24) is 4.90 Å². The van der Waals surface area contributed by atoms with Gasteiger partial charge in [0.1, 0.15) is 0 Å². The molecule has 0 aliphatic heterocycles. The third-order valence-corrected chi connectivity index (χ3v) is 4.96. The van der Waals surface area contributed by atoms with Gasteiger partial charge >= 0.3 is 0 Å². The zero-order valence-corrected chi connectivity index (χ0v) is 14.4. The van der Waals surface area contributed by atoms with E-state index in [4.69, 9.17) is 0 Å². The summed E-state index contributed by atoms with van der Waals surface area (Å²) in [6.45, 7) is 20.4. The molecule has 1 nitrogen and oxygen atoms in total. The van der Waals surface area contributed by atoms with Crippen molar-refractivity contribution in [3.05, 3.63) is 12.7 Å². The van der Waals surface area contributed by atoms with Crippen molar-refractivity contribution in [3.63, 3.8) is 0 Å². The average molecular weight is 241 g/mol. The Morgan fingerprint density at radius 3 is 1.88 bits per heavy atom. The van der Waals surface area contributed by atoms with Crippen molar-refractivity contribution in [3.8, 4) is 0 Å². The summed E-state index contributed by atoms with van der Waals surface area (Å²) >= 11 is 0. The maximum Gasteiger partial charge on any atom is 0.0432 e. The summed E-state index contributed by atoms with van der Waals surface area (Å²) in [5.74, 6) is 0.664. The quantitative estimate of drug-likeness (QED) is 0.489. The van der Waals surface area contributed by atoms with E-state index in [0.717, 1.165) is 13.1 Å². The zero-order chi connectivity index (χ0) is 13.0. The van der Waals surface area contributed by atoms with Gasteiger partial charge in [-0.2, -0.15) is 0 Å². The molecule has 2 heteroatoms. The summed E-state index contributed by atoms with van der Waals surface area (Å²) < 4.78 is 0. The topological polar surface area (TPSA) is 3.24 Å². The molecule has 0 aromatic rings. The van der Waals surface area contributed by atoms with E-state index in [2.05, 4.69) is 59.1 Å². The van der Waals surface area contributed by atoms with Gasteiger partial charge in [0, 0.05) is 15.8 Å². The van der Waals surface area contributed by atoms with Crippen LogP contribution >= 0.6 is 0 Å². The minimum atomic E-state index is 0.164. The summed E-state index contributed by atoms with van der Waals surface area (Å²) in [5, 5.41) is 0.357. The highest BCUT2D eigenvalue weighted by atomic mass is 28.1. The second-order valence-corrected chi connectivity index (χ2v) is 8.26. The molecule has 0 aromatic carbocycles. The van der Waals surface area contributed by atoms with Gasteiger partial charge in [-0.05, 0) is 24.0 Å². The van der Waals surface area contributed by atoms with Crippen LogP contribution < -0.4 is 0 Å². The lowest BCUT2D eigenvalue weighted by atomic mass is 9.72. The Kier molecular flexibility index (Phi) is 5.98. The average Bonchev–Trinajstić information content (AvgIpc) is 2.22. The summed E-state index contributed by atoms with van der Waals surface area (Å²) in [5.41, 5.74) is 0.164. The van der Waals surface area contributed by atoms with Crippen LogP contribution in [0.2, 0.25) is 5.04 Å². The lowest BCUT2D eigenvalue weighted by Gasteiger charge is -2.54. The Bertz CT molecular complexity index is 215. The van der Waals surface area contributed by atoms with Crippen LogP contribution in [-0.4, -0.2) is 33.8 Å². The molecule has 0 saturated carbocycles. The van der Waals surface area contributed by atoms with Gasteiger partial charge in [0.2, 0.25) is 0 Å². The molecule has 16 heavy (non-hydrogen) atoms. The highest BCUT2D eigenvalue weighted by Crippen LogP contribution is 2.46. The first-order valence-corrected chi connectivity index (χ1v) is 7.70. The predicted octanol–water partition coefficient (Wildman–Crippen LogP) is 2.86. The molecule has 0 spiro atoms. The largest absolute Gasteiger partial charge is 0.294 e. The molecule has 2 unspecified atom stereocenters. The van der Waals surface area contributed by atoms with Crippen LogP contribution in [0.15, 0.2) is 12.7 Å². The molecule has 0 fully saturated rings. The van der Waals surface area contributed by atoms with Gasteiger partial charge in [-0.15, -0.1) is 6.58 Å². The molecule has 0 radical (unpaired) electrons. The highest BCUT2D eigenvalue weighted by molar-refractivity contribution is 6.16. The van der Waals surface area contributed by atoms with E-state index in [9.17, 15) is 0 Å². The molecule has 0 aromatic heterocycles. The number of hydrogen-bond donors (Lipinski definition) is 0. The van der Waals surface area contributed by atoms with Crippen LogP contribution in [0.25, 0.3) is 0 Å². The molecule has 2 atom stereocenters. The number of hydrogen-bond acceptors (Lipinski definition) is 1. The molecule has 0 amide bonds. The summed E-state index contributed by atoms with van der Waals surface area (Å²) in [6, 6.07) is 0. The summed E-state index contributed by atoms with van der Waals surface area (Å²) in [6.07, 6.45) is 3.44. The normalized spacial score (nSPS) is 18.4. The highest BCUT2D eigenvalue weighted by Gasteiger charge is 2.46. The van der Waals surface area contributed by atoms with E-state index in [1.165, 1.54) is 16.7 Å². The van der Waals surface area contributed by atoms with Crippen LogP contribution in [0.4, 0.5) is 0 Å². The van der Waals surface area contributed by atoms with Crippen molar-refractivity contribution in [1.29, 1.82) is 0 Å². The zero-order valence-electron chi connectivity index (χ0n) is 12.4. The first kappa shape index (κ1) is 15.9. The lowest BCUT2D eigenvalue weighted by molar-refractivity contribution is 0.0544. The van der Waals surface area contributed by atoms with Crippen LogP contribution in [0.5, 0.6) is 0 Å². The van der Waals surface area contributed by atoms with Gasteiger partial charge < -0.3 is 0 Å². The minimum Gasteiger partial charge on any atom is -0.294 e. The smallest absolute Gasteiger partial charge is 0.0432 e. The molecule has 0 aliphatic carbocycles. The van der Waals surface area contributed by atoms with Gasteiger partial charge in [-0.25, -0.2) is 0 Å². The molecule has 96 valence electrons. The van der Waals surface area contributed by atoms with E-state index in [0.29, 0.717) is 11.0 Å². The Hall–Kier alpha value is -0.0831. The Morgan fingerprint density at radius 2 is 1.69 bits per heavy atom. The molecule has 0 heterocycles. The number of rotatable bonds is 7. The fourth-order valence-electron chi connectivity index (χ4n) is 3.22.